The maximum absolute atomic E-state index is 12.2. The van der Waals surface area contributed by atoms with E-state index in [1.165, 1.54) is 19.1 Å². The third-order valence-electron chi connectivity index (χ3n) is 3.09. The first-order valence-corrected chi connectivity index (χ1v) is 6.08. The lowest BCUT2D eigenvalue weighted by Crippen LogP contribution is -2.34. The van der Waals surface area contributed by atoms with Gasteiger partial charge in [0.1, 0.15) is 0 Å². The van der Waals surface area contributed by atoms with Crippen LogP contribution in [0.4, 0.5) is 24.5 Å². The van der Waals surface area contributed by atoms with Crippen molar-refractivity contribution in [2.24, 2.45) is 0 Å². The Hall–Kier alpha value is -2.05. The molecule has 0 aliphatic carbocycles. The number of carbonyl (C=O) groups is 2. The highest BCUT2D eigenvalue weighted by molar-refractivity contribution is 5.96. The van der Waals surface area contributed by atoms with Gasteiger partial charge in [-0.2, -0.15) is 13.2 Å². The number of carbonyl (C=O) groups excluding carboxylic acids is 2. The van der Waals surface area contributed by atoms with E-state index in [0.29, 0.717) is 18.7 Å². The fourth-order valence-electron chi connectivity index (χ4n) is 2.20. The molecule has 7 heteroatoms. The van der Waals surface area contributed by atoms with Crippen LogP contribution < -0.4 is 10.2 Å². The van der Waals surface area contributed by atoms with Crippen molar-refractivity contribution in [3.05, 3.63) is 23.8 Å². The van der Waals surface area contributed by atoms with Gasteiger partial charge in [-0.05, 0) is 36.6 Å². The zero-order valence-electron chi connectivity index (χ0n) is 10.8. The minimum atomic E-state index is -4.92. The van der Waals surface area contributed by atoms with Crippen LogP contribution in [0.15, 0.2) is 18.2 Å². The highest BCUT2D eigenvalue weighted by atomic mass is 19.4. The fraction of sp³-hybridized carbons (Fsp3) is 0.385. The predicted molar refractivity (Wildman–Crippen MR) is 67.5 cm³/mol. The summed E-state index contributed by atoms with van der Waals surface area (Å²) in [7, 11) is 0. The Labute approximate surface area is 113 Å². The third kappa shape index (κ3) is 2.92. The number of nitrogens with zero attached hydrogens (tertiary/aromatic N) is 1. The van der Waals surface area contributed by atoms with Crippen molar-refractivity contribution in [1.82, 2.24) is 0 Å². The molecule has 0 aromatic heterocycles. The standard InChI is InChI=1S/C13H13F3N2O2/c1-8(19)18-6-2-3-9-7-10(4-5-11(9)18)17-12(20)13(14,15)16/h4-5,7H,2-3,6H2,1H3,(H,17,20). The van der Waals surface area contributed by atoms with Gasteiger partial charge in [-0.3, -0.25) is 9.59 Å². The second-order valence-electron chi connectivity index (χ2n) is 4.57. The number of hydrogen-bond donors (Lipinski definition) is 1. The number of hydrogen-bond acceptors (Lipinski definition) is 2. The van der Waals surface area contributed by atoms with Crippen LogP contribution in [0.3, 0.4) is 0 Å². The van der Waals surface area contributed by atoms with Crippen LogP contribution >= 0.6 is 0 Å². The van der Waals surface area contributed by atoms with Crippen molar-refractivity contribution in [1.29, 1.82) is 0 Å². The Balaban J connectivity index is 2.24. The molecule has 0 unspecified atom stereocenters. The van der Waals surface area contributed by atoms with Crippen LogP contribution in [-0.4, -0.2) is 24.5 Å². The number of alkyl halides is 3. The van der Waals surface area contributed by atoms with Crippen molar-refractivity contribution in [3.63, 3.8) is 0 Å². The lowest BCUT2D eigenvalue weighted by molar-refractivity contribution is -0.167. The van der Waals surface area contributed by atoms with Gasteiger partial charge in [0.25, 0.3) is 0 Å². The highest BCUT2D eigenvalue weighted by Gasteiger charge is 2.38. The van der Waals surface area contributed by atoms with Gasteiger partial charge in [0, 0.05) is 24.8 Å². The second kappa shape index (κ2) is 5.15. The zero-order chi connectivity index (χ0) is 14.9. The molecule has 1 N–H and O–H groups in total. The van der Waals surface area contributed by atoms with E-state index in [1.54, 1.807) is 11.0 Å². The summed E-state index contributed by atoms with van der Waals surface area (Å²) in [6, 6.07) is 4.40. The molecule has 20 heavy (non-hydrogen) atoms. The molecule has 0 saturated carbocycles. The van der Waals surface area contributed by atoms with E-state index in [1.807, 2.05) is 5.32 Å². The molecule has 108 valence electrons. The molecule has 0 radical (unpaired) electrons. The third-order valence-corrected chi connectivity index (χ3v) is 3.09. The monoisotopic (exact) mass is 286 g/mol. The predicted octanol–water partition coefficient (Wildman–Crippen LogP) is 2.49. The number of fused-ring (bicyclic) bond motifs is 1. The van der Waals surface area contributed by atoms with E-state index in [9.17, 15) is 22.8 Å². The Bertz CT molecular complexity index is 555. The van der Waals surface area contributed by atoms with Gasteiger partial charge in [-0.25, -0.2) is 0 Å². The topological polar surface area (TPSA) is 49.4 Å². The summed E-state index contributed by atoms with van der Waals surface area (Å²) >= 11 is 0. The molecule has 2 rings (SSSR count). The Morgan fingerprint density at radius 1 is 1.30 bits per heavy atom. The fourth-order valence-corrected chi connectivity index (χ4v) is 2.20. The van der Waals surface area contributed by atoms with Crippen LogP contribution in [0.2, 0.25) is 0 Å². The molecule has 0 saturated heterocycles. The Kier molecular flexibility index (Phi) is 3.69. The Morgan fingerprint density at radius 2 is 2.00 bits per heavy atom. The number of amides is 2. The number of anilines is 2. The van der Waals surface area contributed by atoms with Gasteiger partial charge < -0.3 is 10.2 Å². The lowest BCUT2D eigenvalue weighted by Gasteiger charge is -2.29. The molecule has 4 nitrogen and oxygen atoms in total. The molecule has 0 bridgehead atoms. The molecule has 1 aliphatic rings. The van der Waals surface area contributed by atoms with E-state index >= 15 is 0 Å². The molecular formula is C13H13F3N2O2. The maximum Gasteiger partial charge on any atom is 0.471 e. The van der Waals surface area contributed by atoms with Crippen LogP contribution in [0.5, 0.6) is 0 Å². The first kappa shape index (κ1) is 14.4. The summed E-state index contributed by atoms with van der Waals surface area (Å²) in [5, 5.41) is 1.81. The quantitative estimate of drug-likeness (QED) is 0.862. The van der Waals surface area contributed by atoms with Gasteiger partial charge >= 0.3 is 12.1 Å². The van der Waals surface area contributed by atoms with Gasteiger partial charge in [-0.1, -0.05) is 0 Å². The average molecular weight is 286 g/mol. The van der Waals surface area contributed by atoms with E-state index in [2.05, 4.69) is 0 Å². The van der Waals surface area contributed by atoms with E-state index in [-0.39, 0.29) is 11.6 Å². The number of rotatable bonds is 1. The van der Waals surface area contributed by atoms with Crippen molar-refractivity contribution in [2.45, 2.75) is 25.9 Å². The molecule has 0 atom stereocenters. The van der Waals surface area contributed by atoms with Crippen LogP contribution in [0.1, 0.15) is 18.9 Å². The van der Waals surface area contributed by atoms with E-state index < -0.39 is 12.1 Å². The van der Waals surface area contributed by atoms with Crippen molar-refractivity contribution in [2.75, 3.05) is 16.8 Å². The first-order chi connectivity index (χ1) is 9.29. The molecule has 0 spiro atoms. The number of benzene rings is 1. The second-order valence-corrected chi connectivity index (χ2v) is 4.57. The molecule has 1 heterocycles. The molecule has 1 aromatic rings. The van der Waals surface area contributed by atoms with Crippen LogP contribution in [-0.2, 0) is 16.0 Å². The average Bonchev–Trinajstić information content (AvgIpc) is 2.36. The van der Waals surface area contributed by atoms with Crippen molar-refractivity contribution in [3.8, 4) is 0 Å². The minimum absolute atomic E-state index is 0.0801. The van der Waals surface area contributed by atoms with Crippen molar-refractivity contribution >= 4 is 23.2 Å². The summed E-state index contributed by atoms with van der Waals surface area (Å²) < 4.78 is 36.5. The molecule has 2 amide bonds. The van der Waals surface area contributed by atoms with Crippen LogP contribution in [0, 0.1) is 0 Å². The summed E-state index contributed by atoms with van der Waals surface area (Å²) in [6.07, 6.45) is -3.51. The molecular weight excluding hydrogens is 273 g/mol. The smallest absolute Gasteiger partial charge is 0.318 e. The summed E-state index contributed by atoms with van der Waals surface area (Å²) in [4.78, 5) is 23.9. The van der Waals surface area contributed by atoms with Gasteiger partial charge in [0.2, 0.25) is 5.91 Å². The normalized spacial score (nSPS) is 14.7. The molecule has 0 fully saturated rings. The van der Waals surface area contributed by atoms with Crippen LogP contribution in [0.25, 0.3) is 0 Å². The van der Waals surface area contributed by atoms with E-state index in [4.69, 9.17) is 0 Å². The van der Waals surface area contributed by atoms with Crippen molar-refractivity contribution < 1.29 is 22.8 Å². The lowest BCUT2D eigenvalue weighted by atomic mass is 10.0. The molecule has 1 aliphatic heterocycles. The SMILES string of the molecule is CC(=O)N1CCCc2cc(NC(=O)C(F)(F)F)ccc21. The van der Waals surface area contributed by atoms with E-state index in [0.717, 1.165) is 12.0 Å². The maximum atomic E-state index is 12.2. The number of aryl methyl sites for hydroxylation is 1. The minimum Gasteiger partial charge on any atom is -0.318 e. The van der Waals surface area contributed by atoms with Gasteiger partial charge in [-0.15, -0.1) is 0 Å². The summed E-state index contributed by atoms with van der Waals surface area (Å²) in [5.41, 5.74) is 1.52. The Morgan fingerprint density at radius 3 is 2.60 bits per heavy atom. The first-order valence-electron chi connectivity index (χ1n) is 6.08. The van der Waals surface area contributed by atoms with Gasteiger partial charge in [0.05, 0.1) is 0 Å². The summed E-state index contributed by atoms with van der Waals surface area (Å²) in [6.45, 7) is 2.03. The number of nitrogens with one attached hydrogen (secondary N) is 1. The molecule has 1 aromatic carbocycles. The highest BCUT2D eigenvalue weighted by Crippen LogP contribution is 2.30. The van der Waals surface area contributed by atoms with Gasteiger partial charge in [0.15, 0.2) is 0 Å². The zero-order valence-corrected chi connectivity index (χ0v) is 10.8. The number of halogens is 3. The summed E-state index contributed by atoms with van der Waals surface area (Å²) in [5.74, 6) is -2.12. The largest absolute Gasteiger partial charge is 0.471 e.